The second-order valence-corrected chi connectivity index (χ2v) is 5.57. The van der Waals surface area contributed by atoms with Crippen molar-refractivity contribution in [2.45, 2.75) is 37.5 Å². The zero-order valence-corrected chi connectivity index (χ0v) is 12.2. The van der Waals surface area contributed by atoms with Crippen LogP contribution in [-0.2, 0) is 5.75 Å². The summed E-state index contributed by atoms with van der Waals surface area (Å²) < 4.78 is 0. The molecule has 2 rings (SSSR count). The van der Waals surface area contributed by atoms with E-state index >= 15 is 0 Å². The topological polar surface area (TPSA) is 46.0 Å². The Hall–Kier alpha value is -1.39. The van der Waals surface area contributed by atoms with Crippen molar-refractivity contribution < 1.29 is 5.11 Å². The fourth-order valence-corrected chi connectivity index (χ4v) is 2.76. The van der Waals surface area contributed by atoms with Crippen molar-refractivity contribution in [2.75, 3.05) is 0 Å². The van der Waals surface area contributed by atoms with Crippen LogP contribution < -0.4 is 0 Å². The van der Waals surface area contributed by atoms with Gasteiger partial charge in [0.25, 0.3) is 0 Å². The Bertz CT molecular complexity index is 570. The number of thioether (sulfide) groups is 1. The molecule has 1 aromatic heterocycles. The van der Waals surface area contributed by atoms with Gasteiger partial charge in [-0.1, -0.05) is 18.2 Å². The molecule has 0 aliphatic carbocycles. The highest BCUT2D eigenvalue weighted by Gasteiger charge is 2.08. The molecule has 0 saturated carbocycles. The molecule has 0 aliphatic rings. The van der Waals surface area contributed by atoms with Crippen LogP contribution in [0.3, 0.4) is 0 Å². The third kappa shape index (κ3) is 3.55. The number of benzene rings is 1. The zero-order chi connectivity index (χ0) is 13.8. The molecule has 0 fully saturated rings. The Balaban J connectivity index is 2.08. The van der Waals surface area contributed by atoms with Crippen molar-refractivity contribution in [3.63, 3.8) is 0 Å². The lowest BCUT2D eigenvalue weighted by Crippen LogP contribution is -2.02. The molecule has 100 valence electrons. The van der Waals surface area contributed by atoms with Gasteiger partial charge < -0.3 is 5.11 Å². The molecule has 2 aromatic rings. The monoisotopic (exact) mass is 274 g/mol. The highest BCUT2D eigenvalue weighted by atomic mass is 32.2. The summed E-state index contributed by atoms with van der Waals surface area (Å²) in [5, 5.41) is 9.55. The van der Waals surface area contributed by atoms with Gasteiger partial charge in [-0.15, -0.1) is 11.8 Å². The van der Waals surface area contributed by atoms with Crippen LogP contribution in [0.25, 0.3) is 0 Å². The lowest BCUT2D eigenvalue weighted by atomic mass is 10.1. The third-order valence-corrected chi connectivity index (χ3v) is 4.14. The predicted octanol–water partition coefficient (Wildman–Crippen LogP) is 3.44. The minimum absolute atomic E-state index is 0.516. The van der Waals surface area contributed by atoms with Crippen molar-refractivity contribution in [3.05, 3.63) is 53.1 Å². The van der Waals surface area contributed by atoms with E-state index < -0.39 is 6.10 Å². The molecule has 3 nitrogen and oxygen atoms in total. The van der Waals surface area contributed by atoms with Crippen LogP contribution in [-0.4, -0.2) is 15.1 Å². The minimum atomic E-state index is -0.516. The molecule has 0 saturated heterocycles. The first-order valence-corrected chi connectivity index (χ1v) is 7.25. The van der Waals surface area contributed by atoms with Gasteiger partial charge in [0.05, 0.1) is 11.9 Å². The van der Waals surface area contributed by atoms with Gasteiger partial charge in [-0.05, 0) is 32.4 Å². The van der Waals surface area contributed by atoms with Gasteiger partial charge in [0, 0.05) is 22.3 Å². The lowest BCUT2D eigenvalue weighted by Gasteiger charge is -2.09. The molecule has 1 aromatic carbocycles. The first-order chi connectivity index (χ1) is 9.08. The van der Waals surface area contributed by atoms with E-state index in [9.17, 15) is 5.11 Å². The normalized spacial score (nSPS) is 12.4. The van der Waals surface area contributed by atoms with Crippen LogP contribution in [0.15, 0.2) is 35.4 Å². The molecule has 0 spiro atoms. The lowest BCUT2D eigenvalue weighted by molar-refractivity contribution is 0.197. The van der Waals surface area contributed by atoms with E-state index in [1.165, 1.54) is 10.5 Å². The van der Waals surface area contributed by atoms with E-state index in [0.29, 0.717) is 0 Å². The molecule has 19 heavy (non-hydrogen) atoms. The molecule has 0 aliphatic heterocycles. The predicted molar refractivity (Wildman–Crippen MR) is 78.1 cm³/mol. The fourth-order valence-electron chi connectivity index (χ4n) is 1.86. The number of aromatic nitrogens is 2. The van der Waals surface area contributed by atoms with Gasteiger partial charge in [0.1, 0.15) is 5.82 Å². The second-order valence-electron chi connectivity index (χ2n) is 4.56. The Morgan fingerprint density at radius 2 is 2.00 bits per heavy atom. The maximum atomic E-state index is 9.55. The average Bonchev–Trinajstić information content (AvgIpc) is 2.37. The summed E-state index contributed by atoms with van der Waals surface area (Å²) in [4.78, 5) is 10.0. The minimum Gasteiger partial charge on any atom is -0.389 e. The zero-order valence-electron chi connectivity index (χ0n) is 11.4. The van der Waals surface area contributed by atoms with E-state index in [4.69, 9.17) is 0 Å². The Labute approximate surface area is 118 Å². The molecular formula is C15H18N2OS. The molecule has 0 unspecified atom stereocenters. The van der Waals surface area contributed by atoms with Gasteiger partial charge in [-0.25, -0.2) is 9.97 Å². The van der Waals surface area contributed by atoms with Gasteiger partial charge in [0.2, 0.25) is 0 Å². The van der Waals surface area contributed by atoms with E-state index in [-0.39, 0.29) is 0 Å². The van der Waals surface area contributed by atoms with Crippen LogP contribution >= 0.6 is 11.8 Å². The smallest absolute Gasteiger partial charge is 0.138 e. The third-order valence-electron chi connectivity index (χ3n) is 2.97. The fraction of sp³-hybridized carbons (Fsp3) is 0.333. The number of nitrogens with zero attached hydrogens (tertiary/aromatic N) is 2. The highest BCUT2D eigenvalue weighted by molar-refractivity contribution is 7.98. The number of aliphatic hydroxyl groups excluding tert-OH is 1. The molecule has 0 bridgehead atoms. The van der Waals surface area contributed by atoms with E-state index in [2.05, 4.69) is 29.0 Å². The molecule has 1 atom stereocenters. The van der Waals surface area contributed by atoms with Crippen LogP contribution in [0.2, 0.25) is 0 Å². The maximum absolute atomic E-state index is 9.55. The number of aliphatic hydroxyl groups is 1. The van der Waals surface area contributed by atoms with Crippen LogP contribution in [0, 0.1) is 13.8 Å². The highest BCUT2D eigenvalue weighted by Crippen LogP contribution is 2.25. The van der Waals surface area contributed by atoms with Crippen molar-refractivity contribution in [1.82, 2.24) is 9.97 Å². The van der Waals surface area contributed by atoms with Gasteiger partial charge in [0.15, 0.2) is 0 Å². The van der Waals surface area contributed by atoms with E-state index in [1.54, 1.807) is 24.9 Å². The summed E-state index contributed by atoms with van der Waals surface area (Å²) in [5.41, 5.74) is 2.92. The molecule has 0 radical (unpaired) electrons. The number of hydrogen-bond donors (Lipinski definition) is 1. The largest absolute Gasteiger partial charge is 0.389 e. The number of aryl methyl sites for hydroxylation is 2. The van der Waals surface area contributed by atoms with Gasteiger partial charge in [-0.2, -0.15) is 0 Å². The standard InChI is InChI=1S/C15H18N2OS/c1-10-6-4-5-7-14(10)19-9-15-16-8-13(12(3)18)11(2)17-15/h4-8,12,18H,9H2,1-3H3/t12-/m0/s1. The van der Waals surface area contributed by atoms with E-state index in [1.807, 2.05) is 19.1 Å². The molecule has 1 N–H and O–H groups in total. The number of hydrogen-bond acceptors (Lipinski definition) is 4. The molecule has 1 heterocycles. The summed E-state index contributed by atoms with van der Waals surface area (Å²) in [7, 11) is 0. The number of rotatable bonds is 4. The van der Waals surface area contributed by atoms with Crippen LogP contribution in [0.5, 0.6) is 0 Å². The SMILES string of the molecule is Cc1ccccc1SCc1ncc([C@H](C)O)c(C)n1. The van der Waals surface area contributed by atoms with Crippen molar-refractivity contribution >= 4 is 11.8 Å². The van der Waals surface area contributed by atoms with Crippen LogP contribution in [0.1, 0.15) is 35.7 Å². The first-order valence-electron chi connectivity index (χ1n) is 6.27. The Kier molecular flexibility index (Phi) is 4.56. The second kappa shape index (κ2) is 6.17. The quantitative estimate of drug-likeness (QED) is 0.868. The van der Waals surface area contributed by atoms with E-state index in [0.717, 1.165) is 22.8 Å². The molecule has 0 amide bonds. The molecular weight excluding hydrogens is 256 g/mol. The maximum Gasteiger partial charge on any atom is 0.138 e. The Morgan fingerprint density at radius 3 is 2.63 bits per heavy atom. The van der Waals surface area contributed by atoms with Gasteiger partial charge >= 0.3 is 0 Å². The molecule has 4 heteroatoms. The van der Waals surface area contributed by atoms with Crippen molar-refractivity contribution in [2.24, 2.45) is 0 Å². The average molecular weight is 274 g/mol. The summed E-state index contributed by atoms with van der Waals surface area (Å²) in [5.74, 6) is 1.54. The first kappa shape index (κ1) is 14.0. The Morgan fingerprint density at radius 1 is 1.26 bits per heavy atom. The summed E-state index contributed by atoms with van der Waals surface area (Å²) >= 11 is 1.74. The van der Waals surface area contributed by atoms with Crippen molar-refractivity contribution in [3.8, 4) is 0 Å². The summed E-state index contributed by atoms with van der Waals surface area (Å²) in [6.45, 7) is 5.74. The van der Waals surface area contributed by atoms with Crippen molar-refractivity contribution in [1.29, 1.82) is 0 Å². The summed E-state index contributed by atoms with van der Waals surface area (Å²) in [6, 6.07) is 8.29. The summed E-state index contributed by atoms with van der Waals surface area (Å²) in [6.07, 6.45) is 1.21. The van der Waals surface area contributed by atoms with Crippen LogP contribution in [0.4, 0.5) is 0 Å². The van der Waals surface area contributed by atoms with Gasteiger partial charge in [-0.3, -0.25) is 0 Å².